The van der Waals surface area contributed by atoms with Gasteiger partial charge in [0.1, 0.15) is 6.54 Å². The third kappa shape index (κ3) is 3.44. The van der Waals surface area contributed by atoms with E-state index in [0.29, 0.717) is 5.56 Å². The highest BCUT2D eigenvalue weighted by Crippen LogP contribution is 2.31. The molecule has 0 atom stereocenters. The third-order valence-corrected chi connectivity index (χ3v) is 2.91. The fourth-order valence-electron chi connectivity index (χ4n) is 1.38. The molecule has 106 valence electrons. The first kappa shape index (κ1) is 14.3. The van der Waals surface area contributed by atoms with Crippen LogP contribution in [0, 0.1) is 0 Å². The number of anilines is 1. The molecule has 0 amide bonds. The first-order valence-electron chi connectivity index (χ1n) is 5.31. The number of nitrogens with one attached hydrogen (secondary N) is 1. The molecule has 2 N–H and O–H groups in total. The Morgan fingerprint density at radius 1 is 1.40 bits per heavy atom. The van der Waals surface area contributed by atoms with Crippen LogP contribution in [0.1, 0.15) is 5.69 Å². The van der Waals surface area contributed by atoms with Gasteiger partial charge < -0.3 is 10.4 Å². The van der Waals surface area contributed by atoms with Crippen LogP contribution in [0.15, 0.2) is 22.9 Å². The number of carboxylic acid groups (broad SMARTS) is 1. The van der Waals surface area contributed by atoms with E-state index >= 15 is 0 Å². The Morgan fingerprint density at radius 2 is 2.15 bits per heavy atom. The number of halogens is 3. The Bertz CT molecular complexity index is 614. The molecule has 2 heterocycles. The van der Waals surface area contributed by atoms with Gasteiger partial charge in [-0.05, 0) is 17.5 Å². The van der Waals surface area contributed by atoms with E-state index in [0.717, 1.165) is 6.07 Å². The number of aliphatic carboxylic acids is 1. The van der Waals surface area contributed by atoms with Crippen molar-refractivity contribution in [1.82, 2.24) is 9.97 Å². The topological polar surface area (TPSA) is 75.1 Å². The van der Waals surface area contributed by atoms with E-state index in [9.17, 15) is 18.0 Å². The van der Waals surface area contributed by atoms with E-state index in [1.165, 1.54) is 11.3 Å². The van der Waals surface area contributed by atoms with Gasteiger partial charge in [0, 0.05) is 10.9 Å². The maximum atomic E-state index is 12.8. The van der Waals surface area contributed by atoms with E-state index in [1.807, 2.05) is 0 Å². The molecule has 0 saturated carbocycles. The standard InChI is InChI=1S/C11H8F3N3O2S/c12-11(13,14)8-3-7(6-1-2-20-5-6)16-10(17-8)15-4-9(18)19/h1-3,5H,4H2,(H,18,19)(H,15,16,17). The Kier molecular flexibility index (Phi) is 3.89. The average Bonchev–Trinajstić information content (AvgIpc) is 2.89. The summed E-state index contributed by atoms with van der Waals surface area (Å²) in [5.41, 5.74) is -0.524. The molecule has 9 heteroatoms. The second kappa shape index (κ2) is 5.45. The van der Waals surface area contributed by atoms with Gasteiger partial charge in [-0.2, -0.15) is 24.5 Å². The molecule has 0 fully saturated rings. The summed E-state index contributed by atoms with van der Waals surface area (Å²) in [5, 5.41) is 14.1. The minimum atomic E-state index is -4.63. The lowest BCUT2D eigenvalue weighted by Crippen LogP contribution is -2.17. The maximum Gasteiger partial charge on any atom is 0.433 e. The molecule has 2 aromatic heterocycles. The zero-order chi connectivity index (χ0) is 14.8. The van der Waals surface area contributed by atoms with E-state index in [1.54, 1.807) is 16.8 Å². The lowest BCUT2D eigenvalue weighted by atomic mass is 10.2. The molecule has 2 rings (SSSR count). The molecule has 0 bridgehead atoms. The summed E-state index contributed by atoms with van der Waals surface area (Å²) in [5.74, 6) is -1.59. The smallest absolute Gasteiger partial charge is 0.433 e. The normalized spacial score (nSPS) is 11.3. The Labute approximate surface area is 115 Å². The number of thiophene rings is 1. The average molecular weight is 303 g/mol. The zero-order valence-corrected chi connectivity index (χ0v) is 10.6. The second-order valence-corrected chi connectivity index (χ2v) is 4.50. The van der Waals surface area contributed by atoms with Gasteiger partial charge in [-0.15, -0.1) is 0 Å². The molecule has 0 aliphatic heterocycles. The fourth-order valence-corrected chi connectivity index (χ4v) is 2.03. The van der Waals surface area contributed by atoms with Crippen molar-refractivity contribution in [3.63, 3.8) is 0 Å². The highest BCUT2D eigenvalue weighted by Gasteiger charge is 2.33. The maximum absolute atomic E-state index is 12.8. The summed E-state index contributed by atoms with van der Waals surface area (Å²) >= 11 is 1.32. The summed E-state index contributed by atoms with van der Waals surface area (Å²) < 4.78 is 38.3. The first-order valence-corrected chi connectivity index (χ1v) is 6.25. The summed E-state index contributed by atoms with van der Waals surface area (Å²) in [4.78, 5) is 17.6. The minimum Gasteiger partial charge on any atom is -0.480 e. The number of rotatable bonds is 4. The van der Waals surface area contributed by atoms with E-state index in [4.69, 9.17) is 5.11 Å². The fraction of sp³-hybridized carbons (Fsp3) is 0.182. The molecular weight excluding hydrogens is 295 g/mol. The largest absolute Gasteiger partial charge is 0.480 e. The molecule has 0 aliphatic rings. The van der Waals surface area contributed by atoms with Gasteiger partial charge in [-0.3, -0.25) is 4.79 Å². The SMILES string of the molecule is O=C(O)CNc1nc(-c2ccsc2)cc(C(F)(F)F)n1. The number of carboxylic acids is 1. The van der Waals surface area contributed by atoms with Gasteiger partial charge in [0.25, 0.3) is 0 Å². The molecule has 2 aromatic rings. The Balaban J connectivity index is 2.42. The molecule has 20 heavy (non-hydrogen) atoms. The number of aromatic nitrogens is 2. The third-order valence-electron chi connectivity index (χ3n) is 2.23. The van der Waals surface area contributed by atoms with Gasteiger partial charge in [-0.25, -0.2) is 9.97 Å². The lowest BCUT2D eigenvalue weighted by Gasteiger charge is -2.10. The summed E-state index contributed by atoms with van der Waals surface area (Å²) in [7, 11) is 0. The van der Waals surface area contributed by atoms with Crippen molar-refractivity contribution in [3.05, 3.63) is 28.6 Å². The minimum absolute atomic E-state index is 0.0847. The molecular formula is C11H8F3N3O2S. The second-order valence-electron chi connectivity index (χ2n) is 3.72. The molecule has 0 radical (unpaired) electrons. The predicted molar refractivity (Wildman–Crippen MR) is 66.5 cm³/mol. The highest BCUT2D eigenvalue weighted by molar-refractivity contribution is 7.08. The van der Waals surface area contributed by atoms with Crippen LogP contribution in [-0.4, -0.2) is 27.6 Å². The molecule has 0 unspecified atom stereocenters. The van der Waals surface area contributed by atoms with Gasteiger partial charge in [0.2, 0.25) is 5.95 Å². The van der Waals surface area contributed by atoms with Gasteiger partial charge in [0.15, 0.2) is 5.69 Å². The molecule has 0 aromatic carbocycles. The monoisotopic (exact) mass is 303 g/mol. The summed E-state index contributed by atoms with van der Waals surface area (Å²) in [6, 6.07) is 2.45. The van der Waals surface area contributed by atoms with Crippen molar-refractivity contribution in [2.24, 2.45) is 0 Å². The van der Waals surface area contributed by atoms with Crippen molar-refractivity contribution < 1.29 is 23.1 Å². The van der Waals surface area contributed by atoms with Gasteiger partial charge in [-0.1, -0.05) is 0 Å². The number of hydrogen-bond acceptors (Lipinski definition) is 5. The van der Waals surface area contributed by atoms with Crippen LogP contribution >= 0.6 is 11.3 Å². The van der Waals surface area contributed by atoms with Crippen molar-refractivity contribution in [2.75, 3.05) is 11.9 Å². The van der Waals surface area contributed by atoms with Crippen LogP contribution in [0.5, 0.6) is 0 Å². The van der Waals surface area contributed by atoms with Crippen molar-refractivity contribution in [3.8, 4) is 11.3 Å². The van der Waals surface area contributed by atoms with Crippen LogP contribution in [0.25, 0.3) is 11.3 Å². The van der Waals surface area contributed by atoms with E-state index in [2.05, 4.69) is 15.3 Å². The van der Waals surface area contributed by atoms with Crippen molar-refractivity contribution >= 4 is 23.3 Å². The van der Waals surface area contributed by atoms with E-state index in [-0.39, 0.29) is 11.6 Å². The van der Waals surface area contributed by atoms with E-state index < -0.39 is 24.4 Å². The van der Waals surface area contributed by atoms with Crippen LogP contribution in [0.3, 0.4) is 0 Å². The number of hydrogen-bond donors (Lipinski definition) is 2. The number of carbonyl (C=O) groups is 1. The molecule has 0 saturated heterocycles. The van der Waals surface area contributed by atoms with Crippen LogP contribution in [0.2, 0.25) is 0 Å². The van der Waals surface area contributed by atoms with Crippen LogP contribution < -0.4 is 5.32 Å². The van der Waals surface area contributed by atoms with Crippen molar-refractivity contribution in [2.45, 2.75) is 6.18 Å². The van der Waals surface area contributed by atoms with Crippen molar-refractivity contribution in [1.29, 1.82) is 0 Å². The Morgan fingerprint density at radius 3 is 2.70 bits per heavy atom. The number of alkyl halides is 3. The predicted octanol–water partition coefficient (Wildman–Crippen LogP) is 2.72. The van der Waals surface area contributed by atoms with Crippen LogP contribution in [-0.2, 0) is 11.0 Å². The lowest BCUT2D eigenvalue weighted by molar-refractivity contribution is -0.141. The highest BCUT2D eigenvalue weighted by atomic mass is 32.1. The summed E-state index contributed by atoms with van der Waals surface area (Å²) in [6.07, 6.45) is -4.63. The summed E-state index contributed by atoms with van der Waals surface area (Å²) in [6.45, 7) is -0.565. The first-order chi connectivity index (χ1) is 9.36. The number of nitrogens with zero attached hydrogens (tertiary/aromatic N) is 2. The zero-order valence-electron chi connectivity index (χ0n) is 9.81. The van der Waals surface area contributed by atoms with Crippen LogP contribution in [0.4, 0.5) is 19.1 Å². The molecule has 0 aliphatic carbocycles. The molecule has 0 spiro atoms. The quantitative estimate of drug-likeness (QED) is 0.908. The van der Waals surface area contributed by atoms with Gasteiger partial charge in [0.05, 0.1) is 5.69 Å². The Hall–Kier alpha value is -2.16. The van der Waals surface area contributed by atoms with Gasteiger partial charge >= 0.3 is 12.1 Å². The molecule has 5 nitrogen and oxygen atoms in total.